The van der Waals surface area contributed by atoms with Crippen molar-refractivity contribution in [1.29, 1.82) is 0 Å². The highest BCUT2D eigenvalue weighted by Gasteiger charge is 2.27. The zero-order valence-corrected chi connectivity index (χ0v) is 17.3. The van der Waals surface area contributed by atoms with E-state index in [-0.39, 0.29) is 30.6 Å². The number of aryl methyl sites for hydroxylation is 1. The van der Waals surface area contributed by atoms with E-state index in [4.69, 9.17) is 20.9 Å². The number of fused-ring (bicyclic) bond motifs is 2. The Balaban J connectivity index is 1.44. The Kier molecular flexibility index (Phi) is 4.74. The molecule has 1 amide bonds. The van der Waals surface area contributed by atoms with Gasteiger partial charge in [-0.25, -0.2) is 4.79 Å². The molecular formula is C21H18ClN5O4. The maximum atomic E-state index is 12.4. The second kappa shape index (κ2) is 7.59. The van der Waals surface area contributed by atoms with Crippen molar-refractivity contribution >= 4 is 34.2 Å². The summed E-state index contributed by atoms with van der Waals surface area (Å²) in [4.78, 5) is 33.4. The number of nitrogens with zero attached hydrogens (tertiary/aromatic N) is 4. The van der Waals surface area contributed by atoms with Gasteiger partial charge in [-0.2, -0.15) is 4.98 Å². The van der Waals surface area contributed by atoms with Crippen molar-refractivity contribution in [3.8, 4) is 17.1 Å². The molecule has 5 rings (SSSR count). The van der Waals surface area contributed by atoms with Gasteiger partial charge in [0.05, 0.1) is 16.7 Å². The van der Waals surface area contributed by atoms with Crippen LogP contribution in [0.1, 0.15) is 19.2 Å². The van der Waals surface area contributed by atoms with E-state index in [1.165, 1.54) is 4.90 Å². The van der Waals surface area contributed by atoms with Gasteiger partial charge in [-0.15, -0.1) is 0 Å². The molecule has 1 aliphatic heterocycles. The maximum absolute atomic E-state index is 12.4. The van der Waals surface area contributed by atoms with Crippen LogP contribution >= 0.6 is 11.6 Å². The molecule has 4 aromatic rings. The molecule has 0 saturated heterocycles. The van der Waals surface area contributed by atoms with Crippen LogP contribution in [0.4, 0.5) is 5.69 Å². The van der Waals surface area contributed by atoms with Crippen molar-refractivity contribution < 1.29 is 14.1 Å². The average Bonchev–Trinajstić information content (AvgIpc) is 3.34. The molecule has 158 valence electrons. The van der Waals surface area contributed by atoms with Crippen LogP contribution in [0.15, 0.2) is 45.7 Å². The molecule has 2 aromatic heterocycles. The van der Waals surface area contributed by atoms with E-state index in [0.717, 1.165) is 11.9 Å². The van der Waals surface area contributed by atoms with E-state index in [1.54, 1.807) is 22.8 Å². The Morgan fingerprint density at radius 2 is 2.06 bits per heavy atom. The number of halogens is 1. The summed E-state index contributed by atoms with van der Waals surface area (Å²) in [6, 6.07) is 10.6. The zero-order chi connectivity index (χ0) is 21.5. The number of amides is 1. The number of carbonyl (C=O) groups excluding carboxylic acids is 1. The lowest BCUT2D eigenvalue weighted by Crippen LogP contribution is -2.38. The van der Waals surface area contributed by atoms with E-state index in [1.807, 2.05) is 25.1 Å². The fourth-order valence-electron chi connectivity index (χ4n) is 3.67. The lowest BCUT2D eigenvalue weighted by molar-refractivity contribution is -0.121. The van der Waals surface area contributed by atoms with Gasteiger partial charge in [0.2, 0.25) is 11.7 Å². The van der Waals surface area contributed by atoms with Crippen molar-refractivity contribution in [3.05, 3.63) is 57.8 Å². The highest BCUT2D eigenvalue weighted by molar-refractivity contribution is 6.31. The number of rotatable bonds is 5. The van der Waals surface area contributed by atoms with Crippen molar-refractivity contribution in [2.45, 2.75) is 26.4 Å². The largest absolute Gasteiger partial charge is 0.482 e. The second-order valence-electron chi connectivity index (χ2n) is 7.21. The number of ether oxygens (including phenoxy) is 1. The third kappa shape index (κ3) is 3.46. The SMILES string of the molecule is CCCn1c(=O)[nH]c2cc(-c3noc(CN4C(=O)COc5ccc(Cl)cc54)n3)ccc21. The number of anilines is 1. The third-order valence-electron chi connectivity index (χ3n) is 5.10. The summed E-state index contributed by atoms with van der Waals surface area (Å²) in [5.74, 6) is 0.974. The van der Waals surface area contributed by atoms with Crippen LogP contribution in [0.2, 0.25) is 5.02 Å². The smallest absolute Gasteiger partial charge is 0.326 e. The molecule has 1 aliphatic rings. The predicted octanol–water partition coefficient (Wildman–Crippen LogP) is 3.37. The third-order valence-corrected chi connectivity index (χ3v) is 5.34. The monoisotopic (exact) mass is 439 g/mol. The van der Waals surface area contributed by atoms with Gasteiger partial charge < -0.3 is 14.2 Å². The number of benzene rings is 2. The molecule has 9 nitrogen and oxygen atoms in total. The molecule has 1 N–H and O–H groups in total. The molecule has 0 fully saturated rings. The topological polar surface area (TPSA) is 106 Å². The molecule has 0 aliphatic carbocycles. The first kappa shape index (κ1) is 19.4. The van der Waals surface area contributed by atoms with Crippen molar-refractivity contribution in [3.63, 3.8) is 0 Å². The molecule has 0 bridgehead atoms. The molecular weight excluding hydrogens is 422 g/mol. The fourth-order valence-corrected chi connectivity index (χ4v) is 3.83. The van der Waals surface area contributed by atoms with E-state index in [2.05, 4.69) is 15.1 Å². The number of hydrogen-bond acceptors (Lipinski definition) is 6. The number of aromatic nitrogens is 4. The first-order valence-electron chi connectivity index (χ1n) is 9.81. The minimum atomic E-state index is -0.231. The lowest BCUT2D eigenvalue weighted by Gasteiger charge is -2.28. The number of hydrogen-bond donors (Lipinski definition) is 1. The molecule has 0 unspecified atom stereocenters. The minimum absolute atomic E-state index is 0.0750. The van der Waals surface area contributed by atoms with Crippen LogP contribution in [0.25, 0.3) is 22.4 Å². The van der Waals surface area contributed by atoms with Crippen molar-refractivity contribution in [2.24, 2.45) is 0 Å². The zero-order valence-electron chi connectivity index (χ0n) is 16.6. The Hall–Kier alpha value is -3.59. The van der Waals surface area contributed by atoms with Gasteiger partial charge in [0.1, 0.15) is 12.3 Å². The number of imidazole rings is 1. The van der Waals surface area contributed by atoms with E-state index >= 15 is 0 Å². The number of nitrogens with one attached hydrogen (secondary N) is 1. The Morgan fingerprint density at radius 1 is 1.19 bits per heavy atom. The standard InChI is InChI=1S/C21H18ClN5O4/c1-2-7-26-15-5-3-12(8-14(15)23-21(26)29)20-24-18(31-25-20)10-27-16-9-13(22)4-6-17(16)30-11-19(27)28/h3-6,8-9H,2,7,10-11H2,1H3,(H,23,29). The van der Waals surface area contributed by atoms with E-state index in [9.17, 15) is 9.59 Å². The first-order valence-corrected chi connectivity index (χ1v) is 10.2. The van der Waals surface area contributed by atoms with Gasteiger partial charge in [0.15, 0.2) is 6.61 Å². The van der Waals surface area contributed by atoms with Crippen LogP contribution in [-0.4, -0.2) is 32.2 Å². The van der Waals surface area contributed by atoms with E-state index in [0.29, 0.717) is 39.9 Å². The summed E-state index contributed by atoms with van der Waals surface area (Å²) in [6.45, 7) is 2.68. The van der Waals surface area contributed by atoms with Crippen LogP contribution < -0.4 is 15.3 Å². The molecule has 0 spiro atoms. The summed E-state index contributed by atoms with van der Waals surface area (Å²) >= 11 is 6.09. The molecule has 31 heavy (non-hydrogen) atoms. The van der Waals surface area contributed by atoms with E-state index < -0.39 is 0 Å². The molecule has 0 radical (unpaired) electrons. The Bertz CT molecular complexity index is 1360. The first-order chi connectivity index (χ1) is 15.0. The molecule has 0 atom stereocenters. The summed E-state index contributed by atoms with van der Waals surface area (Å²) in [5, 5.41) is 4.53. The Morgan fingerprint density at radius 3 is 2.90 bits per heavy atom. The summed E-state index contributed by atoms with van der Waals surface area (Å²) in [7, 11) is 0. The van der Waals surface area contributed by atoms with Crippen LogP contribution in [0, 0.1) is 0 Å². The lowest BCUT2D eigenvalue weighted by atomic mass is 10.2. The Labute approximate surface area is 181 Å². The van der Waals surface area contributed by atoms with Crippen molar-refractivity contribution in [1.82, 2.24) is 19.7 Å². The summed E-state index contributed by atoms with van der Waals surface area (Å²) < 4.78 is 12.5. The molecule has 3 heterocycles. The maximum Gasteiger partial charge on any atom is 0.326 e. The predicted molar refractivity (Wildman–Crippen MR) is 114 cm³/mol. The molecule has 0 saturated carbocycles. The van der Waals surface area contributed by atoms with Gasteiger partial charge in [-0.05, 0) is 42.8 Å². The average molecular weight is 440 g/mol. The highest BCUT2D eigenvalue weighted by atomic mass is 35.5. The van der Waals surface area contributed by atoms with Crippen LogP contribution in [-0.2, 0) is 17.9 Å². The molecule has 10 heteroatoms. The van der Waals surface area contributed by atoms with Gasteiger partial charge in [0, 0.05) is 17.1 Å². The molecule has 2 aromatic carbocycles. The number of carbonyl (C=O) groups is 1. The van der Waals surface area contributed by atoms with Crippen molar-refractivity contribution in [2.75, 3.05) is 11.5 Å². The second-order valence-corrected chi connectivity index (χ2v) is 7.64. The normalized spacial score (nSPS) is 13.5. The number of H-pyrrole nitrogens is 1. The fraction of sp³-hybridized carbons (Fsp3) is 0.238. The van der Waals surface area contributed by atoms with Gasteiger partial charge >= 0.3 is 5.69 Å². The quantitative estimate of drug-likeness (QED) is 0.511. The van der Waals surface area contributed by atoms with Gasteiger partial charge in [-0.3, -0.25) is 14.3 Å². The minimum Gasteiger partial charge on any atom is -0.482 e. The van der Waals surface area contributed by atoms with Crippen LogP contribution in [0.5, 0.6) is 5.75 Å². The van der Waals surface area contributed by atoms with Gasteiger partial charge in [-0.1, -0.05) is 23.7 Å². The van der Waals surface area contributed by atoms with Gasteiger partial charge in [0.25, 0.3) is 5.91 Å². The number of aromatic amines is 1. The highest BCUT2D eigenvalue weighted by Crippen LogP contribution is 2.35. The van der Waals surface area contributed by atoms with Crippen LogP contribution in [0.3, 0.4) is 0 Å². The summed E-state index contributed by atoms with van der Waals surface area (Å²) in [5.41, 5.74) is 2.64. The summed E-state index contributed by atoms with van der Waals surface area (Å²) in [6.07, 6.45) is 0.859.